The van der Waals surface area contributed by atoms with E-state index in [9.17, 15) is 9.90 Å². The molecule has 0 aromatic heterocycles. The van der Waals surface area contributed by atoms with Gasteiger partial charge in [0.25, 0.3) is 0 Å². The third-order valence-corrected chi connectivity index (χ3v) is 5.96. The predicted octanol–water partition coefficient (Wildman–Crippen LogP) is 7.98. The highest BCUT2D eigenvalue weighted by atomic mass is 16.5. The van der Waals surface area contributed by atoms with Gasteiger partial charge >= 0.3 is 5.97 Å². The van der Waals surface area contributed by atoms with Crippen molar-refractivity contribution in [3.63, 3.8) is 0 Å². The number of nitrogens with zero attached hydrogens (tertiary/aromatic N) is 2. The molecule has 0 fully saturated rings. The first-order chi connectivity index (χ1) is 18.4. The van der Waals surface area contributed by atoms with Gasteiger partial charge in [0.05, 0.1) is 5.70 Å². The van der Waals surface area contributed by atoms with Gasteiger partial charge in [0, 0.05) is 6.54 Å². The molecule has 0 saturated heterocycles. The van der Waals surface area contributed by atoms with Crippen LogP contribution in [0.15, 0.2) is 127 Å². The third-order valence-electron chi connectivity index (χ3n) is 5.96. The summed E-state index contributed by atoms with van der Waals surface area (Å²) in [6.07, 6.45) is 1.94. The van der Waals surface area contributed by atoms with E-state index < -0.39 is 5.97 Å². The quantitative estimate of drug-likeness (QED) is 0.136. The zero-order valence-corrected chi connectivity index (χ0v) is 21.5. The first kappa shape index (κ1) is 26.2. The van der Waals surface area contributed by atoms with Gasteiger partial charge in [-0.25, -0.2) is 4.79 Å². The number of hydrogen-bond acceptors (Lipinski definition) is 4. The van der Waals surface area contributed by atoms with Crippen LogP contribution in [0.3, 0.4) is 0 Å². The van der Waals surface area contributed by atoms with Crippen molar-refractivity contribution >= 4 is 23.0 Å². The Morgan fingerprint density at radius 1 is 0.816 bits per heavy atom. The summed E-state index contributed by atoms with van der Waals surface area (Å²) in [5.74, 6) is 0.436. The van der Waals surface area contributed by atoms with Crippen LogP contribution in [-0.2, 0) is 4.79 Å². The molecule has 190 valence electrons. The van der Waals surface area contributed by atoms with Gasteiger partial charge in [-0.15, -0.1) is 0 Å². The average molecular weight is 503 g/mol. The lowest BCUT2D eigenvalue weighted by molar-refractivity contribution is -0.129. The first-order valence-corrected chi connectivity index (χ1v) is 12.4. The molecule has 0 amide bonds. The summed E-state index contributed by atoms with van der Waals surface area (Å²) in [6.45, 7) is 8.19. The van der Waals surface area contributed by atoms with Crippen molar-refractivity contribution in [1.29, 1.82) is 0 Å². The molecule has 0 spiro atoms. The Balaban J connectivity index is 1.66. The molecule has 0 unspecified atom stereocenters. The van der Waals surface area contributed by atoms with Crippen LogP contribution in [0.5, 0.6) is 11.5 Å². The number of para-hydroxylation sites is 1. The lowest BCUT2D eigenvalue weighted by Crippen LogP contribution is -2.20. The number of ether oxygens (including phenoxy) is 1. The fourth-order valence-electron chi connectivity index (χ4n) is 3.90. The molecular weight excluding hydrogens is 472 g/mol. The zero-order valence-electron chi connectivity index (χ0n) is 21.5. The highest BCUT2D eigenvalue weighted by Gasteiger charge is 2.14. The summed E-state index contributed by atoms with van der Waals surface area (Å²) in [4.78, 5) is 11.5. The van der Waals surface area contributed by atoms with Crippen molar-refractivity contribution in [3.8, 4) is 22.6 Å². The van der Waals surface area contributed by atoms with E-state index >= 15 is 0 Å². The minimum Gasteiger partial charge on any atom is -0.477 e. The van der Waals surface area contributed by atoms with E-state index in [4.69, 9.17) is 4.74 Å². The molecule has 5 heteroatoms. The van der Waals surface area contributed by atoms with Crippen LogP contribution in [0.2, 0.25) is 0 Å². The number of carboxylic acids is 1. The maximum atomic E-state index is 11.5. The number of hydrazone groups is 1. The van der Waals surface area contributed by atoms with Gasteiger partial charge in [0.1, 0.15) is 17.2 Å². The van der Waals surface area contributed by atoms with Gasteiger partial charge in [-0.05, 0) is 72.0 Å². The Morgan fingerprint density at radius 3 is 1.92 bits per heavy atom. The van der Waals surface area contributed by atoms with Crippen molar-refractivity contribution in [3.05, 3.63) is 133 Å². The fraction of sp³-hybridized carbons (Fsp3) is 0.0909. The Bertz CT molecular complexity index is 1440. The summed E-state index contributed by atoms with van der Waals surface area (Å²) >= 11 is 0. The van der Waals surface area contributed by atoms with Crippen LogP contribution in [0.25, 0.3) is 22.4 Å². The molecule has 1 N–H and O–H groups in total. The molecule has 0 radical (unpaired) electrons. The molecule has 4 aromatic carbocycles. The number of aliphatic carboxylic acids is 1. The Labute approximate surface area is 223 Å². The van der Waals surface area contributed by atoms with E-state index in [0.29, 0.717) is 6.54 Å². The van der Waals surface area contributed by atoms with Crippen LogP contribution in [0, 0.1) is 0 Å². The second-order valence-corrected chi connectivity index (χ2v) is 8.64. The number of hydrogen-bond donors (Lipinski definition) is 1. The highest BCUT2D eigenvalue weighted by molar-refractivity contribution is 6.34. The standard InChI is InChI=1S/C33H30N2O3/c1-4-35(34-25(3)33(36)37)32(29-17-15-28(16-18-29)27-11-7-5-8-12-27)23-24(2)26-19-21-31(22-20-26)38-30-13-9-6-10-14-30/h5-23H,2,4H2,1,3H3,(H,36,37)/b32-23-,34-25+. The van der Waals surface area contributed by atoms with Crippen molar-refractivity contribution in [2.75, 3.05) is 6.54 Å². The summed E-state index contributed by atoms with van der Waals surface area (Å²) in [6, 6.07) is 35.6. The lowest BCUT2D eigenvalue weighted by Gasteiger charge is -2.22. The molecule has 5 nitrogen and oxygen atoms in total. The summed E-state index contributed by atoms with van der Waals surface area (Å²) in [5.41, 5.74) is 5.56. The van der Waals surface area contributed by atoms with Crippen LogP contribution in [0.1, 0.15) is 25.0 Å². The first-order valence-electron chi connectivity index (χ1n) is 12.4. The maximum absolute atomic E-state index is 11.5. The summed E-state index contributed by atoms with van der Waals surface area (Å²) < 4.78 is 5.91. The average Bonchev–Trinajstić information content (AvgIpc) is 2.96. The second kappa shape index (κ2) is 12.4. The zero-order chi connectivity index (χ0) is 26.9. The third kappa shape index (κ3) is 6.65. The Hall–Kier alpha value is -4.90. The molecule has 0 aliphatic rings. The summed E-state index contributed by atoms with van der Waals surface area (Å²) in [7, 11) is 0. The van der Waals surface area contributed by atoms with Gasteiger partial charge in [-0.3, -0.25) is 5.01 Å². The van der Waals surface area contributed by atoms with E-state index in [2.05, 4.69) is 35.9 Å². The van der Waals surface area contributed by atoms with Crippen molar-refractivity contribution in [2.45, 2.75) is 13.8 Å². The largest absolute Gasteiger partial charge is 0.477 e. The van der Waals surface area contributed by atoms with Gasteiger partial charge in [-0.1, -0.05) is 91.5 Å². The molecule has 0 atom stereocenters. The van der Waals surface area contributed by atoms with Gasteiger partial charge in [0.2, 0.25) is 0 Å². The van der Waals surface area contributed by atoms with E-state index in [-0.39, 0.29) is 5.71 Å². The molecular formula is C33H30N2O3. The number of benzene rings is 4. The van der Waals surface area contributed by atoms with E-state index in [1.54, 1.807) is 5.01 Å². The molecule has 0 heterocycles. The topological polar surface area (TPSA) is 62.1 Å². The Kier molecular flexibility index (Phi) is 8.52. The van der Waals surface area contributed by atoms with Crippen molar-refractivity contribution in [2.24, 2.45) is 5.10 Å². The minimum absolute atomic E-state index is 0.00619. The molecule has 0 aliphatic carbocycles. The van der Waals surface area contributed by atoms with E-state index in [1.165, 1.54) is 6.92 Å². The SMILES string of the molecule is C=C(/C=C(/c1ccc(-c2ccccc2)cc1)N(CC)/N=C(\C)C(=O)O)c1ccc(Oc2ccccc2)cc1. The molecule has 0 bridgehead atoms. The normalized spacial score (nSPS) is 11.6. The van der Waals surface area contributed by atoms with Gasteiger partial charge < -0.3 is 9.84 Å². The number of allylic oxidation sites excluding steroid dienone is 2. The molecule has 38 heavy (non-hydrogen) atoms. The Morgan fingerprint density at radius 2 is 1.34 bits per heavy atom. The monoisotopic (exact) mass is 502 g/mol. The van der Waals surface area contributed by atoms with Crippen LogP contribution >= 0.6 is 0 Å². The molecule has 4 aromatic rings. The maximum Gasteiger partial charge on any atom is 0.351 e. The highest BCUT2D eigenvalue weighted by Crippen LogP contribution is 2.29. The smallest absolute Gasteiger partial charge is 0.351 e. The predicted molar refractivity (Wildman–Crippen MR) is 155 cm³/mol. The second-order valence-electron chi connectivity index (χ2n) is 8.64. The lowest BCUT2D eigenvalue weighted by atomic mass is 10.0. The summed E-state index contributed by atoms with van der Waals surface area (Å²) in [5, 5.41) is 15.5. The van der Waals surface area contributed by atoms with E-state index in [1.807, 2.05) is 97.9 Å². The van der Waals surface area contributed by atoms with Crippen molar-refractivity contribution < 1.29 is 14.6 Å². The minimum atomic E-state index is -1.06. The molecule has 0 saturated carbocycles. The molecule has 4 rings (SSSR count). The van der Waals surface area contributed by atoms with Crippen LogP contribution in [0.4, 0.5) is 0 Å². The number of carboxylic acid groups (broad SMARTS) is 1. The fourth-order valence-corrected chi connectivity index (χ4v) is 3.90. The van der Waals surface area contributed by atoms with Gasteiger partial charge in [0.15, 0.2) is 0 Å². The molecule has 0 aliphatic heterocycles. The van der Waals surface area contributed by atoms with E-state index in [0.717, 1.165) is 45.0 Å². The van der Waals surface area contributed by atoms with Crippen LogP contribution in [-0.4, -0.2) is 28.3 Å². The van der Waals surface area contributed by atoms with Gasteiger partial charge in [-0.2, -0.15) is 5.10 Å². The number of carbonyl (C=O) groups is 1. The number of rotatable bonds is 10. The van der Waals surface area contributed by atoms with Crippen LogP contribution < -0.4 is 4.74 Å². The van der Waals surface area contributed by atoms with Crippen molar-refractivity contribution in [1.82, 2.24) is 5.01 Å².